The molecule has 18 heavy (non-hydrogen) atoms. The lowest BCUT2D eigenvalue weighted by molar-refractivity contribution is -0.122. The molecule has 2 rings (SSSR count). The van der Waals surface area contributed by atoms with Gasteiger partial charge in [-0.15, -0.1) is 0 Å². The van der Waals surface area contributed by atoms with Gasteiger partial charge in [0.15, 0.2) is 0 Å². The van der Waals surface area contributed by atoms with Crippen LogP contribution in [-0.2, 0) is 4.79 Å². The summed E-state index contributed by atoms with van der Waals surface area (Å²) in [6.45, 7) is 3.74. The van der Waals surface area contributed by atoms with Crippen LogP contribution in [0, 0.1) is 0 Å². The average molecular weight is 248 g/mol. The van der Waals surface area contributed by atoms with Gasteiger partial charge in [-0.1, -0.05) is 19.1 Å². The highest BCUT2D eigenvalue weighted by Crippen LogP contribution is 2.33. The number of carbonyl (C=O) groups excluding carboxylic acids is 1. The number of carbonyl (C=O) groups is 1. The highest BCUT2D eigenvalue weighted by molar-refractivity contribution is 5.87. The Labute approximate surface area is 108 Å². The molecule has 1 atom stereocenters. The molecule has 0 saturated heterocycles. The zero-order chi connectivity index (χ0) is 13.1. The minimum atomic E-state index is -0.204. The van der Waals surface area contributed by atoms with E-state index >= 15 is 0 Å². The van der Waals surface area contributed by atoms with Crippen molar-refractivity contribution in [3.63, 3.8) is 0 Å². The number of hydrazine groups is 1. The van der Waals surface area contributed by atoms with E-state index in [4.69, 9.17) is 5.84 Å². The average Bonchev–Trinajstić information content (AvgIpc) is 2.42. The Hall–Kier alpha value is -1.75. The summed E-state index contributed by atoms with van der Waals surface area (Å²) >= 11 is 0. The Kier molecular flexibility index (Phi) is 3.72. The van der Waals surface area contributed by atoms with Crippen molar-refractivity contribution in [2.75, 3.05) is 29.9 Å². The van der Waals surface area contributed by atoms with Crippen molar-refractivity contribution in [3.05, 3.63) is 24.3 Å². The minimum absolute atomic E-state index is 0.128. The van der Waals surface area contributed by atoms with Gasteiger partial charge in [-0.2, -0.15) is 0 Å². The van der Waals surface area contributed by atoms with Crippen LogP contribution >= 0.6 is 0 Å². The van der Waals surface area contributed by atoms with Crippen molar-refractivity contribution in [2.24, 2.45) is 5.84 Å². The summed E-state index contributed by atoms with van der Waals surface area (Å²) < 4.78 is 0. The summed E-state index contributed by atoms with van der Waals surface area (Å²) in [5.74, 6) is 5.14. The molecular formula is C13H20N4O. The fraction of sp³-hybridized carbons (Fsp3) is 0.462. The van der Waals surface area contributed by atoms with Crippen LogP contribution in [0.3, 0.4) is 0 Å². The van der Waals surface area contributed by atoms with Gasteiger partial charge in [-0.25, -0.2) is 5.84 Å². The van der Waals surface area contributed by atoms with Crippen LogP contribution in [0.15, 0.2) is 24.3 Å². The maximum atomic E-state index is 11.8. The van der Waals surface area contributed by atoms with Crippen LogP contribution in [0.4, 0.5) is 11.4 Å². The first-order valence-corrected chi connectivity index (χ1v) is 6.26. The first-order chi connectivity index (χ1) is 8.69. The number of benzene rings is 1. The fourth-order valence-corrected chi connectivity index (χ4v) is 2.50. The molecule has 1 aromatic rings. The summed E-state index contributed by atoms with van der Waals surface area (Å²) in [6, 6.07) is 7.94. The summed E-state index contributed by atoms with van der Waals surface area (Å²) in [4.78, 5) is 16.2. The van der Waals surface area contributed by atoms with Crippen LogP contribution in [0.25, 0.3) is 0 Å². The summed E-state index contributed by atoms with van der Waals surface area (Å²) in [7, 11) is 2.07. The van der Waals surface area contributed by atoms with Crippen molar-refractivity contribution in [3.8, 4) is 0 Å². The van der Waals surface area contributed by atoms with Crippen molar-refractivity contribution in [2.45, 2.75) is 19.4 Å². The van der Waals surface area contributed by atoms with Crippen molar-refractivity contribution < 1.29 is 4.79 Å². The van der Waals surface area contributed by atoms with E-state index in [9.17, 15) is 4.79 Å². The third-order valence-electron chi connectivity index (χ3n) is 3.49. The topological polar surface area (TPSA) is 61.6 Å². The van der Waals surface area contributed by atoms with Crippen LogP contribution in [0.5, 0.6) is 0 Å². The number of rotatable bonds is 3. The Morgan fingerprint density at radius 3 is 2.67 bits per heavy atom. The highest BCUT2D eigenvalue weighted by Gasteiger charge is 2.29. The molecule has 5 nitrogen and oxygen atoms in total. The van der Waals surface area contributed by atoms with E-state index in [1.807, 2.05) is 19.1 Å². The van der Waals surface area contributed by atoms with Crippen LogP contribution in [-0.4, -0.2) is 32.1 Å². The molecule has 0 aromatic heterocycles. The molecule has 3 N–H and O–H groups in total. The lowest BCUT2D eigenvalue weighted by atomic mass is 10.1. The lowest BCUT2D eigenvalue weighted by Crippen LogP contribution is -2.52. The zero-order valence-corrected chi connectivity index (χ0v) is 10.9. The number of nitrogens with zero attached hydrogens (tertiary/aromatic N) is 2. The Morgan fingerprint density at radius 2 is 2.06 bits per heavy atom. The molecular weight excluding hydrogens is 228 g/mol. The molecule has 1 unspecified atom stereocenters. The number of fused-ring (bicyclic) bond motifs is 1. The standard InChI is InChI=1S/C13H20N4O/c1-3-10(13(18)15-14)17-9-8-16(2)11-6-4-5-7-12(11)17/h4-7,10H,3,8-9,14H2,1-2H3,(H,15,18). The van der Waals surface area contributed by atoms with E-state index in [1.165, 1.54) is 0 Å². The van der Waals surface area contributed by atoms with Gasteiger partial charge >= 0.3 is 0 Å². The molecule has 0 radical (unpaired) electrons. The van der Waals surface area contributed by atoms with Gasteiger partial charge in [0.1, 0.15) is 6.04 Å². The first-order valence-electron chi connectivity index (χ1n) is 6.26. The van der Waals surface area contributed by atoms with Crippen molar-refractivity contribution >= 4 is 17.3 Å². The molecule has 1 amide bonds. The number of nitrogens with two attached hydrogens (primary N) is 1. The fourth-order valence-electron chi connectivity index (χ4n) is 2.50. The number of likely N-dealkylation sites (N-methyl/N-ethyl adjacent to an activating group) is 1. The molecule has 0 bridgehead atoms. The second-order valence-corrected chi connectivity index (χ2v) is 4.54. The quantitative estimate of drug-likeness (QED) is 0.470. The third-order valence-corrected chi connectivity index (χ3v) is 3.49. The number of nitrogens with one attached hydrogen (secondary N) is 1. The van der Waals surface area contributed by atoms with Gasteiger partial charge in [0.2, 0.25) is 0 Å². The molecule has 98 valence electrons. The third kappa shape index (κ3) is 2.13. The number of amides is 1. The minimum Gasteiger partial charge on any atom is -0.371 e. The van der Waals surface area contributed by atoms with Gasteiger partial charge < -0.3 is 9.80 Å². The van der Waals surface area contributed by atoms with Gasteiger partial charge in [0.25, 0.3) is 5.91 Å². The second-order valence-electron chi connectivity index (χ2n) is 4.54. The van der Waals surface area contributed by atoms with E-state index in [2.05, 4.69) is 34.4 Å². The molecule has 1 aliphatic heterocycles. The number of para-hydroxylation sites is 2. The Balaban J connectivity index is 2.35. The zero-order valence-electron chi connectivity index (χ0n) is 10.9. The van der Waals surface area contributed by atoms with Crippen molar-refractivity contribution in [1.29, 1.82) is 0 Å². The molecule has 1 aliphatic rings. The summed E-state index contributed by atoms with van der Waals surface area (Å²) in [5, 5.41) is 0. The van der Waals surface area contributed by atoms with Gasteiger partial charge in [0.05, 0.1) is 11.4 Å². The number of anilines is 2. The lowest BCUT2D eigenvalue weighted by Gasteiger charge is -2.40. The molecule has 0 saturated carbocycles. The maximum absolute atomic E-state index is 11.8. The van der Waals surface area contributed by atoms with Gasteiger partial charge in [-0.3, -0.25) is 10.2 Å². The Bertz CT molecular complexity index is 435. The van der Waals surface area contributed by atoms with Crippen LogP contribution < -0.4 is 21.1 Å². The van der Waals surface area contributed by atoms with E-state index in [1.54, 1.807) is 0 Å². The molecule has 1 aromatic carbocycles. The number of hydrogen-bond donors (Lipinski definition) is 2. The SMILES string of the molecule is CCC(C(=O)NN)N1CCN(C)c2ccccc21. The first kappa shape index (κ1) is 12.7. The predicted molar refractivity (Wildman–Crippen MR) is 73.5 cm³/mol. The molecule has 1 heterocycles. The second kappa shape index (κ2) is 5.27. The molecule has 0 fully saturated rings. The van der Waals surface area contributed by atoms with E-state index in [0.29, 0.717) is 0 Å². The largest absolute Gasteiger partial charge is 0.371 e. The van der Waals surface area contributed by atoms with Gasteiger partial charge in [-0.05, 0) is 18.6 Å². The Morgan fingerprint density at radius 1 is 1.39 bits per heavy atom. The van der Waals surface area contributed by atoms with Crippen molar-refractivity contribution in [1.82, 2.24) is 5.43 Å². The van der Waals surface area contributed by atoms with Crippen LogP contribution in [0.2, 0.25) is 0 Å². The normalized spacial score (nSPS) is 16.2. The molecule has 5 heteroatoms. The maximum Gasteiger partial charge on any atom is 0.256 e. The number of hydrogen-bond acceptors (Lipinski definition) is 4. The predicted octanol–water partition coefficient (Wildman–Crippen LogP) is 0.711. The van der Waals surface area contributed by atoms with E-state index in [-0.39, 0.29) is 11.9 Å². The summed E-state index contributed by atoms with van der Waals surface area (Å²) in [5.41, 5.74) is 4.52. The monoisotopic (exact) mass is 248 g/mol. The van der Waals surface area contributed by atoms with Crippen LogP contribution in [0.1, 0.15) is 13.3 Å². The highest BCUT2D eigenvalue weighted by atomic mass is 16.2. The molecule has 0 aliphatic carbocycles. The smallest absolute Gasteiger partial charge is 0.256 e. The van der Waals surface area contributed by atoms with E-state index in [0.717, 1.165) is 30.9 Å². The van der Waals surface area contributed by atoms with E-state index < -0.39 is 0 Å². The summed E-state index contributed by atoms with van der Waals surface area (Å²) in [6.07, 6.45) is 0.737. The molecule has 0 spiro atoms. The van der Waals surface area contributed by atoms with Gasteiger partial charge in [0, 0.05) is 20.1 Å².